The maximum absolute atomic E-state index is 4.36. The van der Waals surface area contributed by atoms with Crippen molar-refractivity contribution in [1.29, 1.82) is 0 Å². The third-order valence-corrected chi connectivity index (χ3v) is 4.55. The third-order valence-electron chi connectivity index (χ3n) is 4.55. The molecule has 7 nitrogen and oxygen atoms in total. The maximum atomic E-state index is 4.36. The largest absolute Gasteiger partial charge is 0.340 e. The molecule has 1 aliphatic heterocycles. The minimum absolute atomic E-state index is 0.586. The van der Waals surface area contributed by atoms with Crippen LogP contribution in [0.2, 0.25) is 0 Å². The van der Waals surface area contributed by atoms with E-state index >= 15 is 0 Å². The number of imidazole rings is 1. The van der Waals surface area contributed by atoms with Crippen molar-refractivity contribution in [3.05, 3.63) is 18.5 Å². The first-order valence-corrected chi connectivity index (χ1v) is 7.55. The standard InChI is InChI=1S/C14H19N7/c1-9(10-3-2-4-15-6-10)5-11-19-20-14-12-13(17-7-16-12)18-8-21(11)14/h7-10,15H,2-6H2,1H3,(H,16,17). The van der Waals surface area contributed by atoms with E-state index in [1.807, 2.05) is 4.40 Å². The van der Waals surface area contributed by atoms with Crippen LogP contribution in [0.1, 0.15) is 25.6 Å². The molecule has 0 spiro atoms. The molecule has 110 valence electrons. The summed E-state index contributed by atoms with van der Waals surface area (Å²) in [5, 5.41) is 12.2. The van der Waals surface area contributed by atoms with E-state index in [4.69, 9.17) is 0 Å². The Morgan fingerprint density at radius 1 is 1.38 bits per heavy atom. The normalized spacial score (nSPS) is 21.1. The molecular formula is C14H19N7. The van der Waals surface area contributed by atoms with Crippen LogP contribution in [-0.2, 0) is 6.42 Å². The van der Waals surface area contributed by atoms with Gasteiger partial charge in [0, 0.05) is 6.42 Å². The third kappa shape index (κ3) is 2.17. The number of piperidine rings is 1. The lowest BCUT2D eigenvalue weighted by molar-refractivity contribution is 0.275. The van der Waals surface area contributed by atoms with Gasteiger partial charge in [-0.3, -0.25) is 4.40 Å². The smallest absolute Gasteiger partial charge is 0.189 e. The summed E-state index contributed by atoms with van der Waals surface area (Å²) in [5.74, 6) is 2.28. The van der Waals surface area contributed by atoms with Crippen molar-refractivity contribution >= 4 is 16.8 Å². The second kappa shape index (κ2) is 5.07. The Morgan fingerprint density at radius 2 is 2.33 bits per heavy atom. The van der Waals surface area contributed by atoms with E-state index in [0.29, 0.717) is 11.6 Å². The van der Waals surface area contributed by atoms with E-state index in [1.54, 1.807) is 12.7 Å². The maximum Gasteiger partial charge on any atom is 0.189 e. The minimum atomic E-state index is 0.586. The summed E-state index contributed by atoms with van der Waals surface area (Å²) in [5.41, 5.74) is 2.34. The molecule has 2 N–H and O–H groups in total. The highest BCUT2D eigenvalue weighted by Gasteiger charge is 2.22. The van der Waals surface area contributed by atoms with E-state index < -0.39 is 0 Å². The zero-order valence-electron chi connectivity index (χ0n) is 12.1. The molecule has 0 bridgehead atoms. The van der Waals surface area contributed by atoms with Crippen LogP contribution in [-0.4, -0.2) is 42.6 Å². The fraction of sp³-hybridized carbons (Fsp3) is 0.571. The van der Waals surface area contributed by atoms with Crippen LogP contribution in [0.3, 0.4) is 0 Å². The van der Waals surface area contributed by atoms with Gasteiger partial charge in [-0.1, -0.05) is 6.92 Å². The zero-order valence-corrected chi connectivity index (χ0v) is 12.1. The summed E-state index contributed by atoms with van der Waals surface area (Å²) in [7, 11) is 0. The van der Waals surface area contributed by atoms with Crippen LogP contribution in [0, 0.1) is 11.8 Å². The molecule has 1 saturated heterocycles. The fourth-order valence-corrected chi connectivity index (χ4v) is 3.24. The molecule has 3 aromatic heterocycles. The number of fused-ring (bicyclic) bond motifs is 3. The van der Waals surface area contributed by atoms with Crippen LogP contribution < -0.4 is 5.32 Å². The molecule has 2 unspecified atom stereocenters. The Bertz CT molecular complexity index is 753. The van der Waals surface area contributed by atoms with Crippen molar-refractivity contribution in [2.75, 3.05) is 13.1 Å². The molecule has 2 atom stereocenters. The van der Waals surface area contributed by atoms with Crippen LogP contribution in [0.5, 0.6) is 0 Å². The average Bonchev–Trinajstić information content (AvgIpc) is 3.14. The molecule has 0 aliphatic carbocycles. The van der Waals surface area contributed by atoms with Crippen molar-refractivity contribution in [2.24, 2.45) is 11.8 Å². The Balaban J connectivity index is 1.64. The Labute approximate surface area is 122 Å². The molecule has 0 saturated carbocycles. The summed E-state index contributed by atoms with van der Waals surface area (Å²) in [4.78, 5) is 11.6. The van der Waals surface area contributed by atoms with Crippen molar-refractivity contribution in [3.63, 3.8) is 0 Å². The Morgan fingerprint density at radius 3 is 3.19 bits per heavy atom. The predicted molar refractivity (Wildman–Crippen MR) is 78.9 cm³/mol. The summed E-state index contributed by atoms with van der Waals surface area (Å²) >= 11 is 0. The van der Waals surface area contributed by atoms with Gasteiger partial charge in [0.05, 0.1) is 6.33 Å². The first-order valence-electron chi connectivity index (χ1n) is 7.55. The lowest BCUT2D eigenvalue weighted by Crippen LogP contribution is -2.34. The average molecular weight is 285 g/mol. The monoisotopic (exact) mass is 285 g/mol. The second-order valence-electron chi connectivity index (χ2n) is 5.94. The van der Waals surface area contributed by atoms with Crippen molar-refractivity contribution in [3.8, 4) is 0 Å². The predicted octanol–water partition coefficient (Wildman–Crippen LogP) is 1.18. The van der Waals surface area contributed by atoms with Crippen molar-refractivity contribution in [2.45, 2.75) is 26.2 Å². The minimum Gasteiger partial charge on any atom is -0.340 e. The molecule has 4 rings (SSSR count). The van der Waals surface area contributed by atoms with Gasteiger partial charge >= 0.3 is 0 Å². The van der Waals surface area contributed by atoms with E-state index in [1.165, 1.54) is 12.8 Å². The topological polar surface area (TPSA) is 83.8 Å². The number of aromatic amines is 1. The molecule has 0 amide bonds. The zero-order chi connectivity index (χ0) is 14.2. The van der Waals surface area contributed by atoms with Gasteiger partial charge < -0.3 is 10.3 Å². The molecule has 21 heavy (non-hydrogen) atoms. The van der Waals surface area contributed by atoms with Crippen LogP contribution in [0.4, 0.5) is 0 Å². The number of hydrogen-bond donors (Lipinski definition) is 2. The van der Waals surface area contributed by atoms with E-state index in [0.717, 1.165) is 42.4 Å². The summed E-state index contributed by atoms with van der Waals surface area (Å²) in [6.07, 6.45) is 6.91. The summed E-state index contributed by atoms with van der Waals surface area (Å²) < 4.78 is 1.98. The highest BCUT2D eigenvalue weighted by Crippen LogP contribution is 2.23. The Hall–Kier alpha value is -2.02. The van der Waals surface area contributed by atoms with Gasteiger partial charge in [0.25, 0.3) is 0 Å². The first-order chi connectivity index (χ1) is 10.3. The van der Waals surface area contributed by atoms with Crippen LogP contribution >= 0.6 is 0 Å². The van der Waals surface area contributed by atoms with Gasteiger partial charge in [-0.15, -0.1) is 10.2 Å². The number of hydrogen-bond acceptors (Lipinski definition) is 5. The molecule has 3 aromatic rings. The van der Waals surface area contributed by atoms with Gasteiger partial charge in [-0.05, 0) is 37.8 Å². The van der Waals surface area contributed by atoms with E-state index in [9.17, 15) is 0 Å². The molecule has 7 heteroatoms. The van der Waals surface area contributed by atoms with Gasteiger partial charge in [-0.25, -0.2) is 9.97 Å². The number of nitrogens with zero attached hydrogens (tertiary/aromatic N) is 5. The van der Waals surface area contributed by atoms with Crippen LogP contribution in [0.25, 0.3) is 16.8 Å². The summed E-state index contributed by atoms with van der Waals surface area (Å²) in [6.45, 7) is 4.57. The molecular weight excluding hydrogens is 266 g/mol. The van der Waals surface area contributed by atoms with Gasteiger partial charge in [0.2, 0.25) is 0 Å². The summed E-state index contributed by atoms with van der Waals surface area (Å²) in [6, 6.07) is 0. The lowest BCUT2D eigenvalue weighted by atomic mass is 9.85. The van der Waals surface area contributed by atoms with Crippen molar-refractivity contribution in [1.82, 2.24) is 34.9 Å². The van der Waals surface area contributed by atoms with Gasteiger partial charge in [0.1, 0.15) is 17.7 Å². The number of nitrogens with one attached hydrogen (secondary N) is 2. The quantitative estimate of drug-likeness (QED) is 0.755. The molecule has 4 heterocycles. The highest BCUT2D eigenvalue weighted by molar-refractivity contribution is 5.84. The number of rotatable bonds is 3. The molecule has 0 aromatic carbocycles. The first kappa shape index (κ1) is 12.7. The number of H-pyrrole nitrogens is 1. The second-order valence-corrected chi connectivity index (χ2v) is 5.94. The van der Waals surface area contributed by atoms with Gasteiger partial charge in [-0.2, -0.15) is 0 Å². The fourth-order valence-electron chi connectivity index (χ4n) is 3.24. The van der Waals surface area contributed by atoms with E-state index in [-0.39, 0.29) is 0 Å². The molecule has 1 aliphatic rings. The van der Waals surface area contributed by atoms with Crippen molar-refractivity contribution < 1.29 is 0 Å². The molecule has 0 radical (unpaired) electrons. The van der Waals surface area contributed by atoms with Crippen LogP contribution in [0.15, 0.2) is 12.7 Å². The van der Waals surface area contributed by atoms with E-state index in [2.05, 4.69) is 37.4 Å². The lowest BCUT2D eigenvalue weighted by Gasteiger charge is -2.27. The van der Waals surface area contributed by atoms with Gasteiger partial charge in [0.15, 0.2) is 11.3 Å². The number of aromatic nitrogens is 6. The molecule has 1 fully saturated rings. The highest BCUT2D eigenvalue weighted by atomic mass is 15.3. The Kier molecular flexibility index (Phi) is 3.07. The SMILES string of the molecule is CC(Cc1nnc2c3[nH]cnc3ncn12)C1CCCNC1.